The van der Waals surface area contributed by atoms with E-state index in [9.17, 15) is 4.79 Å². The standard InChI is InChI=1S/C17H26N2O2/c1-5-21-16(20)17(4,18-13(2)3)12-19-10-14-8-6-7-9-15(14)11-19/h6-9,13,18H,5,10-12H2,1-4H3. The Balaban J connectivity index is 2.08. The fourth-order valence-corrected chi connectivity index (χ4v) is 3.06. The van der Waals surface area contributed by atoms with Crippen LogP contribution in [0.3, 0.4) is 0 Å². The Labute approximate surface area is 127 Å². The number of hydrogen-bond donors (Lipinski definition) is 1. The van der Waals surface area contributed by atoms with Crippen LogP contribution >= 0.6 is 0 Å². The first-order valence-corrected chi connectivity index (χ1v) is 7.68. The molecule has 0 radical (unpaired) electrons. The quantitative estimate of drug-likeness (QED) is 0.817. The van der Waals surface area contributed by atoms with Crippen molar-refractivity contribution in [1.29, 1.82) is 0 Å². The topological polar surface area (TPSA) is 41.6 Å². The molecule has 0 fully saturated rings. The van der Waals surface area contributed by atoms with Crippen LogP contribution < -0.4 is 5.32 Å². The van der Waals surface area contributed by atoms with Gasteiger partial charge in [-0.1, -0.05) is 24.3 Å². The van der Waals surface area contributed by atoms with E-state index in [2.05, 4.69) is 48.3 Å². The molecule has 1 heterocycles. The van der Waals surface area contributed by atoms with E-state index < -0.39 is 5.54 Å². The summed E-state index contributed by atoms with van der Waals surface area (Å²) in [4.78, 5) is 14.7. The molecular weight excluding hydrogens is 264 g/mol. The van der Waals surface area contributed by atoms with Gasteiger partial charge in [0.15, 0.2) is 0 Å². The SMILES string of the molecule is CCOC(=O)C(C)(CN1Cc2ccccc2C1)NC(C)C. The van der Waals surface area contributed by atoms with Crippen LogP contribution in [-0.2, 0) is 22.6 Å². The number of carbonyl (C=O) groups excluding carboxylic acids is 1. The Morgan fingerprint density at radius 2 is 1.90 bits per heavy atom. The summed E-state index contributed by atoms with van der Waals surface area (Å²) in [5.41, 5.74) is 2.04. The highest BCUT2D eigenvalue weighted by atomic mass is 16.5. The lowest BCUT2D eigenvalue weighted by atomic mass is 10.0. The highest BCUT2D eigenvalue weighted by Crippen LogP contribution is 2.24. The molecule has 0 amide bonds. The number of ether oxygens (including phenoxy) is 1. The zero-order valence-corrected chi connectivity index (χ0v) is 13.5. The van der Waals surface area contributed by atoms with Crippen LogP contribution in [0.25, 0.3) is 0 Å². The molecule has 1 N–H and O–H groups in total. The Morgan fingerprint density at radius 1 is 1.33 bits per heavy atom. The van der Waals surface area contributed by atoms with Gasteiger partial charge in [0.2, 0.25) is 0 Å². The van der Waals surface area contributed by atoms with Crippen LogP contribution in [-0.4, -0.2) is 35.6 Å². The molecule has 1 aliphatic rings. The van der Waals surface area contributed by atoms with Gasteiger partial charge in [0.1, 0.15) is 5.54 Å². The molecule has 1 aliphatic heterocycles. The van der Waals surface area contributed by atoms with Crippen molar-refractivity contribution in [2.75, 3.05) is 13.2 Å². The molecule has 1 aromatic rings. The minimum absolute atomic E-state index is 0.172. The second-order valence-electron chi connectivity index (χ2n) is 6.27. The maximum absolute atomic E-state index is 12.3. The molecule has 2 rings (SSSR count). The Hall–Kier alpha value is -1.39. The molecule has 4 heteroatoms. The summed E-state index contributed by atoms with van der Waals surface area (Å²) >= 11 is 0. The van der Waals surface area contributed by atoms with Gasteiger partial charge < -0.3 is 4.74 Å². The molecule has 0 saturated heterocycles. The number of nitrogens with zero attached hydrogens (tertiary/aromatic N) is 1. The molecule has 116 valence electrons. The number of fused-ring (bicyclic) bond motifs is 1. The van der Waals surface area contributed by atoms with Crippen molar-refractivity contribution in [2.24, 2.45) is 0 Å². The predicted molar refractivity (Wildman–Crippen MR) is 83.9 cm³/mol. The highest BCUT2D eigenvalue weighted by molar-refractivity contribution is 5.80. The molecule has 4 nitrogen and oxygen atoms in total. The van der Waals surface area contributed by atoms with E-state index in [1.807, 2.05) is 13.8 Å². The number of rotatable bonds is 6. The van der Waals surface area contributed by atoms with Crippen molar-refractivity contribution in [3.63, 3.8) is 0 Å². The first-order chi connectivity index (χ1) is 9.94. The van der Waals surface area contributed by atoms with Gasteiger partial charge in [-0.3, -0.25) is 15.0 Å². The Bertz CT molecular complexity index is 476. The summed E-state index contributed by atoms with van der Waals surface area (Å²) in [6, 6.07) is 8.68. The van der Waals surface area contributed by atoms with Crippen molar-refractivity contribution < 1.29 is 9.53 Å². The third kappa shape index (κ3) is 3.83. The highest BCUT2D eigenvalue weighted by Gasteiger charge is 2.38. The molecule has 1 aromatic carbocycles. The molecule has 0 spiro atoms. The van der Waals surface area contributed by atoms with E-state index >= 15 is 0 Å². The molecule has 0 saturated carbocycles. The average molecular weight is 290 g/mol. The molecule has 0 bridgehead atoms. The number of benzene rings is 1. The van der Waals surface area contributed by atoms with Crippen LogP contribution in [0.5, 0.6) is 0 Å². The summed E-state index contributed by atoms with van der Waals surface area (Å²) < 4.78 is 5.27. The summed E-state index contributed by atoms with van der Waals surface area (Å²) in [5.74, 6) is -0.172. The number of nitrogens with one attached hydrogen (secondary N) is 1. The number of esters is 1. The monoisotopic (exact) mass is 290 g/mol. The van der Waals surface area contributed by atoms with E-state index in [0.717, 1.165) is 13.1 Å². The van der Waals surface area contributed by atoms with E-state index in [0.29, 0.717) is 13.2 Å². The molecule has 21 heavy (non-hydrogen) atoms. The minimum Gasteiger partial charge on any atom is -0.465 e. The van der Waals surface area contributed by atoms with Crippen molar-refractivity contribution in [1.82, 2.24) is 10.2 Å². The second-order valence-corrected chi connectivity index (χ2v) is 6.27. The lowest BCUT2D eigenvalue weighted by Crippen LogP contribution is -2.58. The Kier molecular flexibility index (Phi) is 5.01. The van der Waals surface area contributed by atoms with Crippen molar-refractivity contribution >= 4 is 5.97 Å². The minimum atomic E-state index is -0.674. The van der Waals surface area contributed by atoms with Crippen LogP contribution in [0.1, 0.15) is 38.8 Å². The molecule has 1 unspecified atom stereocenters. The first kappa shape index (κ1) is 16.0. The largest absolute Gasteiger partial charge is 0.465 e. The lowest BCUT2D eigenvalue weighted by Gasteiger charge is -2.34. The van der Waals surface area contributed by atoms with Gasteiger partial charge >= 0.3 is 5.97 Å². The molecule has 0 aromatic heterocycles. The smallest absolute Gasteiger partial charge is 0.327 e. The lowest BCUT2D eigenvalue weighted by molar-refractivity contribution is -0.151. The van der Waals surface area contributed by atoms with Gasteiger partial charge in [0.05, 0.1) is 6.61 Å². The number of hydrogen-bond acceptors (Lipinski definition) is 4. The summed E-state index contributed by atoms with van der Waals surface area (Å²) in [7, 11) is 0. The molecule has 1 atom stereocenters. The summed E-state index contributed by atoms with van der Waals surface area (Å²) in [6.45, 7) is 10.7. The van der Waals surface area contributed by atoms with Crippen LogP contribution in [0.4, 0.5) is 0 Å². The van der Waals surface area contributed by atoms with E-state index in [-0.39, 0.29) is 12.0 Å². The maximum Gasteiger partial charge on any atom is 0.327 e. The van der Waals surface area contributed by atoms with E-state index in [4.69, 9.17) is 4.74 Å². The average Bonchev–Trinajstić information content (AvgIpc) is 2.79. The number of carbonyl (C=O) groups is 1. The van der Waals surface area contributed by atoms with Gasteiger partial charge in [-0.25, -0.2) is 0 Å². The van der Waals surface area contributed by atoms with Gasteiger partial charge in [-0.05, 0) is 38.8 Å². The summed E-state index contributed by atoms with van der Waals surface area (Å²) in [6.07, 6.45) is 0. The molecular formula is C17H26N2O2. The fourth-order valence-electron chi connectivity index (χ4n) is 3.06. The van der Waals surface area contributed by atoms with Gasteiger partial charge in [0, 0.05) is 25.7 Å². The third-order valence-electron chi connectivity index (χ3n) is 3.78. The van der Waals surface area contributed by atoms with Crippen molar-refractivity contribution in [2.45, 2.75) is 52.4 Å². The Morgan fingerprint density at radius 3 is 2.38 bits per heavy atom. The second kappa shape index (κ2) is 6.58. The van der Waals surface area contributed by atoms with Crippen molar-refractivity contribution in [3.8, 4) is 0 Å². The fraction of sp³-hybridized carbons (Fsp3) is 0.588. The van der Waals surface area contributed by atoms with Crippen LogP contribution in [0, 0.1) is 0 Å². The predicted octanol–water partition coefficient (Wildman–Crippen LogP) is 2.32. The van der Waals surface area contributed by atoms with Gasteiger partial charge in [-0.2, -0.15) is 0 Å². The first-order valence-electron chi connectivity index (χ1n) is 7.68. The molecule has 0 aliphatic carbocycles. The zero-order chi connectivity index (χ0) is 15.5. The van der Waals surface area contributed by atoms with Crippen LogP contribution in [0.2, 0.25) is 0 Å². The van der Waals surface area contributed by atoms with Crippen molar-refractivity contribution in [3.05, 3.63) is 35.4 Å². The van der Waals surface area contributed by atoms with E-state index in [1.54, 1.807) is 0 Å². The zero-order valence-electron chi connectivity index (χ0n) is 13.5. The third-order valence-corrected chi connectivity index (χ3v) is 3.78. The van der Waals surface area contributed by atoms with Crippen LogP contribution in [0.15, 0.2) is 24.3 Å². The normalized spacial score (nSPS) is 17.6. The maximum atomic E-state index is 12.3. The summed E-state index contributed by atoms with van der Waals surface area (Å²) in [5, 5.41) is 3.38. The van der Waals surface area contributed by atoms with Gasteiger partial charge in [0.25, 0.3) is 0 Å². The van der Waals surface area contributed by atoms with E-state index in [1.165, 1.54) is 11.1 Å². The van der Waals surface area contributed by atoms with Gasteiger partial charge in [-0.15, -0.1) is 0 Å².